The molecule has 1 heterocycles. The molecule has 1 aliphatic carbocycles. The normalized spacial score (nSPS) is 23.6. The van der Waals surface area contributed by atoms with E-state index in [1.807, 2.05) is 6.08 Å². The molecule has 2 aliphatic rings. The Hall–Kier alpha value is -2.02. The Morgan fingerprint density at radius 3 is 2.70 bits per heavy atom. The molecule has 1 aromatic rings. The summed E-state index contributed by atoms with van der Waals surface area (Å²) in [6.45, 7) is 0.0283. The molecule has 0 unspecified atom stereocenters. The number of rotatable bonds is 5. The fraction of sp³-hybridized carbons (Fsp3) is 0.368. The molecule has 0 bridgehead atoms. The molecule has 27 heavy (non-hydrogen) atoms. The standard InChI is InChI=1S/C19H18Cl2O6/c1-24-17(22)13-9-27-19(25-2)15-10(6-7-11(13)15)8-26-18(23)12-4-3-5-14(20)16(12)21/h3-6,9,11,15,19H,7-8H2,1-2H3/t11-,15-,19-/m1/s1. The fourth-order valence-corrected chi connectivity index (χ4v) is 3.76. The largest absolute Gasteiger partial charge is 0.471 e. The number of allylic oxidation sites excluding steroid dienone is 1. The number of hydrogen-bond acceptors (Lipinski definition) is 6. The summed E-state index contributed by atoms with van der Waals surface area (Å²) in [5, 5.41) is 0.424. The first-order valence-corrected chi connectivity index (χ1v) is 9.00. The zero-order valence-corrected chi connectivity index (χ0v) is 16.3. The van der Waals surface area contributed by atoms with Crippen molar-refractivity contribution < 1.29 is 28.5 Å². The van der Waals surface area contributed by atoms with Crippen LogP contribution in [0.25, 0.3) is 0 Å². The third kappa shape index (κ3) is 3.83. The number of carbonyl (C=O) groups excluding carboxylic acids is 2. The van der Waals surface area contributed by atoms with E-state index in [2.05, 4.69) is 0 Å². The first-order chi connectivity index (χ1) is 13.0. The van der Waals surface area contributed by atoms with Gasteiger partial charge in [-0.1, -0.05) is 35.3 Å². The van der Waals surface area contributed by atoms with E-state index in [1.165, 1.54) is 20.5 Å². The van der Waals surface area contributed by atoms with Crippen LogP contribution in [0.15, 0.2) is 41.7 Å². The van der Waals surface area contributed by atoms with Gasteiger partial charge < -0.3 is 18.9 Å². The van der Waals surface area contributed by atoms with Crippen LogP contribution in [0.1, 0.15) is 16.8 Å². The molecule has 0 amide bonds. The van der Waals surface area contributed by atoms with Crippen LogP contribution in [0.3, 0.4) is 0 Å². The molecule has 3 atom stereocenters. The Morgan fingerprint density at radius 2 is 2.00 bits per heavy atom. The zero-order chi connectivity index (χ0) is 19.6. The van der Waals surface area contributed by atoms with Gasteiger partial charge >= 0.3 is 11.9 Å². The number of hydrogen-bond donors (Lipinski definition) is 0. The SMILES string of the molecule is COC(=O)C1=CO[C@@H](OC)[C@@H]2C(COC(=O)c3cccc(Cl)c3Cl)=CC[C@H]12. The molecule has 0 saturated heterocycles. The maximum absolute atomic E-state index is 12.4. The Labute approximate surface area is 166 Å². The predicted octanol–water partition coefficient (Wildman–Crippen LogP) is 3.77. The Kier molecular flexibility index (Phi) is 6.09. The van der Waals surface area contributed by atoms with Gasteiger partial charge in [0.25, 0.3) is 0 Å². The van der Waals surface area contributed by atoms with Gasteiger partial charge in [0.2, 0.25) is 6.29 Å². The van der Waals surface area contributed by atoms with Gasteiger partial charge in [0.15, 0.2) is 0 Å². The summed E-state index contributed by atoms with van der Waals surface area (Å²) in [5.74, 6) is -1.44. The Bertz CT molecular complexity index is 816. The van der Waals surface area contributed by atoms with Crippen LogP contribution in [0.5, 0.6) is 0 Å². The molecule has 0 aromatic heterocycles. The topological polar surface area (TPSA) is 71.1 Å². The summed E-state index contributed by atoms with van der Waals surface area (Å²) in [7, 11) is 2.84. The zero-order valence-electron chi connectivity index (χ0n) is 14.7. The molecule has 3 rings (SSSR count). The quantitative estimate of drug-likeness (QED) is 0.541. The van der Waals surface area contributed by atoms with Crippen LogP contribution in [0, 0.1) is 11.8 Å². The number of carbonyl (C=O) groups is 2. The van der Waals surface area contributed by atoms with Gasteiger partial charge in [-0.15, -0.1) is 0 Å². The van der Waals surface area contributed by atoms with Crippen LogP contribution in [-0.2, 0) is 23.7 Å². The first-order valence-electron chi connectivity index (χ1n) is 8.24. The van der Waals surface area contributed by atoms with Gasteiger partial charge in [0.05, 0.1) is 40.5 Å². The molecule has 0 saturated carbocycles. The number of esters is 2. The lowest BCUT2D eigenvalue weighted by Gasteiger charge is -2.33. The molecule has 0 N–H and O–H groups in total. The third-order valence-corrected chi connectivity index (χ3v) is 5.53. The minimum Gasteiger partial charge on any atom is -0.471 e. The summed E-state index contributed by atoms with van der Waals surface area (Å²) in [6, 6.07) is 4.76. The third-order valence-electron chi connectivity index (χ3n) is 4.71. The van der Waals surface area contributed by atoms with Crippen molar-refractivity contribution >= 4 is 35.1 Å². The van der Waals surface area contributed by atoms with E-state index in [0.29, 0.717) is 12.0 Å². The van der Waals surface area contributed by atoms with Crippen molar-refractivity contribution in [2.24, 2.45) is 11.8 Å². The lowest BCUT2D eigenvalue weighted by atomic mass is 9.83. The summed E-state index contributed by atoms with van der Waals surface area (Å²) in [6.07, 6.45) is 3.33. The second-order valence-corrected chi connectivity index (χ2v) is 6.91. The molecule has 144 valence electrons. The molecule has 1 aromatic carbocycles. The van der Waals surface area contributed by atoms with Crippen molar-refractivity contribution in [1.29, 1.82) is 0 Å². The molecule has 6 nitrogen and oxygen atoms in total. The van der Waals surface area contributed by atoms with Crippen LogP contribution >= 0.6 is 23.2 Å². The summed E-state index contributed by atoms with van der Waals surface area (Å²) < 4.78 is 21.1. The smallest absolute Gasteiger partial charge is 0.340 e. The van der Waals surface area contributed by atoms with Crippen molar-refractivity contribution in [2.75, 3.05) is 20.8 Å². The van der Waals surface area contributed by atoms with Crippen molar-refractivity contribution in [2.45, 2.75) is 12.7 Å². The molecule has 0 spiro atoms. The fourth-order valence-electron chi connectivity index (χ4n) is 3.38. The lowest BCUT2D eigenvalue weighted by Crippen LogP contribution is -2.37. The van der Waals surface area contributed by atoms with E-state index < -0.39 is 18.2 Å². The average molecular weight is 413 g/mol. The van der Waals surface area contributed by atoms with Gasteiger partial charge in [-0.05, 0) is 24.1 Å². The van der Waals surface area contributed by atoms with Gasteiger partial charge in [0, 0.05) is 13.0 Å². The monoisotopic (exact) mass is 412 g/mol. The van der Waals surface area contributed by atoms with Crippen LogP contribution < -0.4 is 0 Å². The average Bonchev–Trinajstić information content (AvgIpc) is 3.11. The molecule has 0 radical (unpaired) electrons. The highest BCUT2D eigenvalue weighted by Gasteiger charge is 2.44. The van der Waals surface area contributed by atoms with Crippen LogP contribution in [-0.4, -0.2) is 39.1 Å². The lowest BCUT2D eigenvalue weighted by molar-refractivity contribution is -0.146. The second-order valence-electron chi connectivity index (χ2n) is 6.13. The van der Waals surface area contributed by atoms with E-state index in [9.17, 15) is 9.59 Å². The van der Waals surface area contributed by atoms with E-state index >= 15 is 0 Å². The van der Waals surface area contributed by atoms with Crippen molar-refractivity contribution in [1.82, 2.24) is 0 Å². The van der Waals surface area contributed by atoms with Gasteiger partial charge in [0.1, 0.15) is 6.61 Å². The van der Waals surface area contributed by atoms with E-state index in [-0.39, 0.29) is 34.1 Å². The van der Waals surface area contributed by atoms with Gasteiger partial charge in [-0.25, -0.2) is 9.59 Å². The highest BCUT2D eigenvalue weighted by Crippen LogP contribution is 2.43. The number of methoxy groups -OCH3 is 2. The van der Waals surface area contributed by atoms with Crippen molar-refractivity contribution in [3.8, 4) is 0 Å². The van der Waals surface area contributed by atoms with Gasteiger partial charge in [-0.2, -0.15) is 0 Å². The second kappa shape index (κ2) is 8.33. The van der Waals surface area contributed by atoms with E-state index in [0.717, 1.165) is 5.57 Å². The first kappa shape index (κ1) is 19.7. The summed E-state index contributed by atoms with van der Waals surface area (Å²) in [4.78, 5) is 24.3. The number of benzene rings is 1. The van der Waals surface area contributed by atoms with E-state index in [4.69, 9.17) is 42.1 Å². The molecular weight excluding hydrogens is 395 g/mol. The van der Waals surface area contributed by atoms with Crippen molar-refractivity contribution in [3.05, 3.63) is 57.3 Å². The number of halogens is 2. The maximum atomic E-state index is 12.4. The van der Waals surface area contributed by atoms with Gasteiger partial charge in [-0.3, -0.25) is 0 Å². The molecular formula is C19H18Cl2O6. The molecule has 1 aliphatic heterocycles. The summed E-state index contributed by atoms with van der Waals surface area (Å²) in [5.41, 5.74) is 1.44. The molecule has 8 heteroatoms. The minimum absolute atomic E-state index is 0.0283. The Morgan fingerprint density at radius 1 is 1.22 bits per heavy atom. The summed E-state index contributed by atoms with van der Waals surface area (Å²) >= 11 is 12.0. The highest BCUT2D eigenvalue weighted by atomic mass is 35.5. The van der Waals surface area contributed by atoms with Crippen molar-refractivity contribution in [3.63, 3.8) is 0 Å². The van der Waals surface area contributed by atoms with E-state index in [1.54, 1.807) is 18.2 Å². The number of fused-ring (bicyclic) bond motifs is 1. The Balaban J connectivity index is 1.73. The number of ether oxygens (including phenoxy) is 4. The maximum Gasteiger partial charge on any atom is 0.340 e. The minimum atomic E-state index is -0.582. The van der Waals surface area contributed by atoms with Crippen LogP contribution in [0.4, 0.5) is 0 Å². The van der Waals surface area contributed by atoms with Crippen LogP contribution in [0.2, 0.25) is 10.0 Å². The highest BCUT2D eigenvalue weighted by molar-refractivity contribution is 6.43. The molecule has 0 fully saturated rings. The predicted molar refractivity (Wildman–Crippen MR) is 98.4 cm³/mol.